The van der Waals surface area contributed by atoms with Crippen LogP contribution in [0, 0.1) is 6.92 Å². The van der Waals surface area contributed by atoms with Crippen LogP contribution < -0.4 is 10.6 Å². The number of aromatic nitrogens is 1. The van der Waals surface area contributed by atoms with Crippen LogP contribution >= 0.6 is 38.6 Å². The Balaban J connectivity index is 1.49. The van der Waals surface area contributed by atoms with Gasteiger partial charge in [-0.3, -0.25) is 9.59 Å². The average Bonchev–Trinajstić information content (AvgIpc) is 3.28. The molecule has 0 unspecified atom stereocenters. The molecule has 0 aliphatic rings. The molecule has 2 heterocycles. The number of halogens is 1. The summed E-state index contributed by atoms with van der Waals surface area (Å²) in [7, 11) is 0. The number of anilines is 1. The summed E-state index contributed by atoms with van der Waals surface area (Å²) in [4.78, 5) is 30.1. The van der Waals surface area contributed by atoms with Gasteiger partial charge in [0.1, 0.15) is 9.88 Å². The molecule has 2 N–H and O–H groups in total. The fraction of sp³-hybridized carbons (Fsp3) is 0.167. The number of thiazole rings is 1. The fourth-order valence-electron chi connectivity index (χ4n) is 2.21. The molecule has 0 radical (unpaired) electrons. The Labute approximate surface area is 167 Å². The van der Waals surface area contributed by atoms with Crippen molar-refractivity contribution < 1.29 is 9.59 Å². The van der Waals surface area contributed by atoms with Gasteiger partial charge in [0.15, 0.2) is 0 Å². The molecule has 8 heteroatoms. The summed E-state index contributed by atoms with van der Waals surface area (Å²) in [5.74, 6) is -0.355. The molecule has 0 saturated heterocycles. The lowest BCUT2D eigenvalue weighted by Crippen LogP contribution is -2.27. The second-order valence-electron chi connectivity index (χ2n) is 5.52. The van der Waals surface area contributed by atoms with Crippen molar-refractivity contribution >= 4 is 56.1 Å². The van der Waals surface area contributed by atoms with Crippen LogP contribution in [0.5, 0.6) is 0 Å². The summed E-state index contributed by atoms with van der Waals surface area (Å²) in [5, 5.41) is 8.42. The zero-order chi connectivity index (χ0) is 18.5. The lowest BCUT2D eigenvalue weighted by molar-refractivity contribution is -0.116. The first-order valence-corrected chi connectivity index (χ1v) is 10.4. The van der Waals surface area contributed by atoms with Crippen molar-refractivity contribution in [3.8, 4) is 9.88 Å². The van der Waals surface area contributed by atoms with Gasteiger partial charge in [-0.25, -0.2) is 4.98 Å². The fourth-order valence-corrected chi connectivity index (χ4v) is 4.21. The van der Waals surface area contributed by atoms with Crippen LogP contribution in [0.4, 0.5) is 5.69 Å². The summed E-state index contributed by atoms with van der Waals surface area (Å²) in [6.07, 6.45) is 1.77. The molecule has 3 aromatic rings. The van der Waals surface area contributed by atoms with E-state index in [9.17, 15) is 9.59 Å². The zero-order valence-corrected chi connectivity index (χ0v) is 17.1. The minimum atomic E-state index is -0.211. The van der Waals surface area contributed by atoms with Gasteiger partial charge in [-0.1, -0.05) is 28.1 Å². The number of hydrogen-bond donors (Lipinski definition) is 2. The molecule has 0 atom stereocenters. The monoisotopic (exact) mass is 449 g/mol. The van der Waals surface area contributed by atoms with E-state index in [-0.39, 0.29) is 24.8 Å². The third kappa shape index (κ3) is 4.78. The van der Waals surface area contributed by atoms with Gasteiger partial charge in [-0.15, -0.1) is 22.7 Å². The predicted octanol–water partition coefficient (Wildman–Crippen LogP) is 4.70. The Morgan fingerprint density at radius 3 is 2.88 bits per heavy atom. The number of amides is 2. The number of rotatable bonds is 6. The van der Waals surface area contributed by atoms with Crippen LogP contribution in [-0.4, -0.2) is 23.3 Å². The van der Waals surface area contributed by atoms with Crippen LogP contribution in [0.1, 0.15) is 21.7 Å². The van der Waals surface area contributed by atoms with E-state index >= 15 is 0 Å². The van der Waals surface area contributed by atoms with E-state index in [1.165, 1.54) is 11.3 Å². The van der Waals surface area contributed by atoms with Crippen molar-refractivity contribution in [2.45, 2.75) is 13.3 Å². The van der Waals surface area contributed by atoms with Crippen LogP contribution in [-0.2, 0) is 4.79 Å². The third-order valence-electron chi connectivity index (χ3n) is 3.57. The summed E-state index contributed by atoms with van der Waals surface area (Å²) in [5.41, 5.74) is 1.75. The Hall–Kier alpha value is -2.03. The van der Waals surface area contributed by atoms with Gasteiger partial charge in [-0.2, -0.15) is 0 Å². The largest absolute Gasteiger partial charge is 0.351 e. The lowest BCUT2D eigenvalue weighted by Gasteiger charge is -2.09. The normalized spacial score (nSPS) is 10.5. The number of benzene rings is 1. The Kier molecular flexibility index (Phi) is 6.18. The molecule has 3 rings (SSSR count). The summed E-state index contributed by atoms with van der Waals surface area (Å²) >= 11 is 6.32. The molecule has 0 aliphatic carbocycles. The highest BCUT2D eigenvalue weighted by Gasteiger charge is 2.13. The molecule has 1 aromatic carbocycles. The highest BCUT2D eigenvalue weighted by molar-refractivity contribution is 9.10. The van der Waals surface area contributed by atoms with Gasteiger partial charge in [0.2, 0.25) is 5.91 Å². The van der Waals surface area contributed by atoms with Gasteiger partial charge < -0.3 is 10.6 Å². The van der Waals surface area contributed by atoms with Crippen molar-refractivity contribution in [1.82, 2.24) is 10.3 Å². The highest BCUT2D eigenvalue weighted by Crippen LogP contribution is 2.28. The van der Waals surface area contributed by atoms with Crippen molar-refractivity contribution in [3.63, 3.8) is 0 Å². The number of thiophene rings is 1. The number of nitrogens with one attached hydrogen (secondary N) is 2. The maximum atomic E-state index is 12.2. The molecule has 134 valence electrons. The molecule has 0 aliphatic heterocycles. The van der Waals surface area contributed by atoms with Gasteiger partial charge >= 0.3 is 0 Å². The quantitative estimate of drug-likeness (QED) is 0.572. The first-order valence-electron chi connectivity index (χ1n) is 7.87. The molecule has 0 spiro atoms. The molecule has 0 fully saturated rings. The molecule has 0 saturated carbocycles. The second kappa shape index (κ2) is 8.57. The van der Waals surface area contributed by atoms with Crippen LogP contribution in [0.2, 0.25) is 0 Å². The van der Waals surface area contributed by atoms with Gasteiger partial charge in [0, 0.05) is 23.1 Å². The van der Waals surface area contributed by atoms with Crippen LogP contribution in [0.15, 0.2) is 46.4 Å². The van der Waals surface area contributed by atoms with Crippen molar-refractivity contribution in [1.29, 1.82) is 0 Å². The standard InChI is InChI=1S/C18H16BrN3O2S2/c1-11-4-5-12(19)9-13(11)22-16(23)6-7-20-17(24)15-10-21-18(26-15)14-3-2-8-25-14/h2-5,8-10H,6-7H2,1H3,(H,20,24)(H,22,23). The third-order valence-corrected chi connectivity index (χ3v) is 6.10. The van der Waals surface area contributed by atoms with E-state index in [4.69, 9.17) is 0 Å². The topological polar surface area (TPSA) is 71.1 Å². The number of nitrogens with zero attached hydrogens (tertiary/aromatic N) is 1. The molecule has 26 heavy (non-hydrogen) atoms. The number of carbonyl (C=O) groups excluding carboxylic acids is 2. The van der Waals surface area contributed by atoms with Gasteiger partial charge in [0.25, 0.3) is 5.91 Å². The average molecular weight is 450 g/mol. The molecule has 2 amide bonds. The Morgan fingerprint density at radius 1 is 1.27 bits per heavy atom. The molecule has 2 aromatic heterocycles. The predicted molar refractivity (Wildman–Crippen MR) is 110 cm³/mol. The first kappa shape index (κ1) is 18.8. The molecular weight excluding hydrogens is 434 g/mol. The Morgan fingerprint density at radius 2 is 2.12 bits per heavy atom. The van der Waals surface area contributed by atoms with E-state index in [0.717, 1.165) is 25.6 Å². The minimum absolute atomic E-state index is 0.143. The van der Waals surface area contributed by atoms with Gasteiger partial charge in [-0.05, 0) is 36.1 Å². The van der Waals surface area contributed by atoms with E-state index in [2.05, 4.69) is 31.5 Å². The van der Waals surface area contributed by atoms with E-state index in [1.54, 1.807) is 17.5 Å². The maximum absolute atomic E-state index is 12.2. The van der Waals surface area contributed by atoms with E-state index < -0.39 is 0 Å². The maximum Gasteiger partial charge on any atom is 0.263 e. The van der Waals surface area contributed by atoms with Crippen LogP contribution in [0.25, 0.3) is 9.88 Å². The molecular formula is C18H16BrN3O2S2. The smallest absolute Gasteiger partial charge is 0.263 e. The highest BCUT2D eigenvalue weighted by atomic mass is 79.9. The number of carbonyl (C=O) groups is 2. The second-order valence-corrected chi connectivity index (χ2v) is 8.41. The summed E-state index contributed by atoms with van der Waals surface area (Å²) in [6.45, 7) is 2.20. The molecule has 5 nitrogen and oxygen atoms in total. The Bertz CT molecular complexity index is 922. The van der Waals surface area contributed by atoms with Crippen molar-refractivity contribution in [2.75, 3.05) is 11.9 Å². The van der Waals surface area contributed by atoms with E-state index in [1.807, 2.05) is 42.6 Å². The lowest BCUT2D eigenvalue weighted by atomic mass is 10.2. The zero-order valence-electron chi connectivity index (χ0n) is 13.9. The van der Waals surface area contributed by atoms with Gasteiger partial charge in [0.05, 0.1) is 11.1 Å². The number of aryl methyl sites for hydroxylation is 1. The van der Waals surface area contributed by atoms with Crippen molar-refractivity contribution in [3.05, 3.63) is 56.8 Å². The number of hydrogen-bond acceptors (Lipinski definition) is 5. The molecule has 0 bridgehead atoms. The SMILES string of the molecule is Cc1ccc(Br)cc1NC(=O)CCNC(=O)c1cnc(-c2cccs2)s1. The van der Waals surface area contributed by atoms with Crippen LogP contribution in [0.3, 0.4) is 0 Å². The first-order chi connectivity index (χ1) is 12.5. The minimum Gasteiger partial charge on any atom is -0.351 e. The summed E-state index contributed by atoms with van der Waals surface area (Å²) < 4.78 is 0.901. The summed E-state index contributed by atoms with van der Waals surface area (Å²) in [6, 6.07) is 9.63. The van der Waals surface area contributed by atoms with Crippen molar-refractivity contribution in [2.24, 2.45) is 0 Å². The van der Waals surface area contributed by atoms with E-state index in [0.29, 0.717) is 4.88 Å².